The van der Waals surface area contributed by atoms with E-state index in [9.17, 15) is 4.57 Å². The Bertz CT molecular complexity index is 342. The molecule has 0 aliphatic rings. The van der Waals surface area contributed by atoms with Gasteiger partial charge in [0.25, 0.3) is 0 Å². The van der Waals surface area contributed by atoms with Gasteiger partial charge in [0.1, 0.15) is 0 Å². The van der Waals surface area contributed by atoms with Crippen LogP contribution in [0.1, 0.15) is 32.3 Å². The maximum atomic E-state index is 12.8. The standard InChI is InChI=1S/C13H21OPS2/c1-3-10-16-15(14,17-11-4-2)12-13-8-6-5-7-9-13/h5-9H,3-4,10-12H2,1-2H3. The first kappa shape index (κ1) is 15.2. The lowest BCUT2D eigenvalue weighted by Crippen LogP contribution is -1.86. The fraction of sp³-hybridized carbons (Fsp3) is 0.538. The van der Waals surface area contributed by atoms with Gasteiger partial charge in [0.2, 0.25) is 0 Å². The van der Waals surface area contributed by atoms with Crippen LogP contribution in [0, 0.1) is 0 Å². The fourth-order valence-electron chi connectivity index (χ4n) is 1.40. The summed E-state index contributed by atoms with van der Waals surface area (Å²) >= 11 is 3.35. The Balaban J connectivity index is 2.65. The molecule has 0 heterocycles. The van der Waals surface area contributed by atoms with E-state index >= 15 is 0 Å². The number of hydrogen-bond acceptors (Lipinski definition) is 3. The van der Waals surface area contributed by atoms with Gasteiger partial charge in [-0.2, -0.15) is 0 Å². The third kappa shape index (κ3) is 6.03. The monoisotopic (exact) mass is 288 g/mol. The van der Waals surface area contributed by atoms with Crippen molar-refractivity contribution in [1.82, 2.24) is 0 Å². The molecule has 0 saturated carbocycles. The van der Waals surface area contributed by atoms with Crippen LogP contribution in [0.5, 0.6) is 0 Å². The van der Waals surface area contributed by atoms with E-state index in [1.807, 2.05) is 18.2 Å². The molecule has 0 amide bonds. The molecule has 0 fully saturated rings. The Morgan fingerprint density at radius 3 is 2.00 bits per heavy atom. The average molecular weight is 288 g/mol. The van der Waals surface area contributed by atoms with Crippen LogP contribution < -0.4 is 0 Å². The van der Waals surface area contributed by atoms with Crippen molar-refractivity contribution in [1.29, 1.82) is 0 Å². The van der Waals surface area contributed by atoms with E-state index < -0.39 is 5.55 Å². The summed E-state index contributed by atoms with van der Waals surface area (Å²) in [7, 11) is 0. The van der Waals surface area contributed by atoms with E-state index in [-0.39, 0.29) is 0 Å². The fourth-order valence-corrected chi connectivity index (χ4v) is 9.68. The Morgan fingerprint density at radius 2 is 1.53 bits per heavy atom. The largest absolute Gasteiger partial charge is 0.300 e. The minimum absolute atomic E-state index is 0.725. The summed E-state index contributed by atoms with van der Waals surface area (Å²) in [5.41, 5.74) is -0.944. The van der Waals surface area contributed by atoms with E-state index in [0.29, 0.717) is 0 Å². The summed E-state index contributed by atoms with van der Waals surface area (Å²) in [6.45, 7) is 4.29. The molecule has 0 unspecified atom stereocenters. The van der Waals surface area contributed by atoms with Crippen molar-refractivity contribution in [3.63, 3.8) is 0 Å². The highest BCUT2D eigenvalue weighted by atomic mass is 33.1. The van der Waals surface area contributed by atoms with Crippen LogP contribution in [0.2, 0.25) is 0 Å². The molecular formula is C13H21OPS2. The highest BCUT2D eigenvalue weighted by molar-refractivity contribution is 8.90. The second-order valence-corrected chi connectivity index (χ2v) is 12.6. The van der Waals surface area contributed by atoms with E-state index in [1.165, 1.54) is 5.56 Å². The average Bonchev–Trinajstić information content (AvgIpc) is 2.35. The molecule has 0 aliphatic heterocycles. The lowest BCUT2D eigenvalue weighted by atomic mass is 10.2. The zero-order valence-electron chi connectivity index (χ0n) is 10.6. The number of benzene rings is 1. The minimum Gasteiger partial charge on any atom is -0.300 e. The van der Waals surface area contributed by atoms with Crippen molar-refractivity contribution >= 4 is 28.3 Å². The molecule has 0 atom stereocenters. The quantitative estimate of drug-likeness (QED) is 0.574. The van der Waals surface area contributed by atoms with Gasteiger partial charge in [-0.25, -0.2) is 0 Å². The summed E-state index contributed by atoms with van der Waals surface area (Å²) in [6, 6.07) is 10.2. The zero-order chi connectivity index (χ0) is 12.6. The van der Waals surface area contributed by atoms with Gasteiger partial charge in [0, 0.05) is 17.7 Å². The second-order valence-electron chi connectivity index (χ2n) is 3.92. The van der Waals surface area contributed by atoms with E-state index in [0.717, 1.165) is 30.5 Å². The molecule has 0 saturated heterocycles. The van der Waals surface area contributed by atoms with Gasteiger partial charge < -0.3 is 4.57 Å². The van der Waals surface area contributed by atoms with Crippen LogP contribution in [0.3, 0.4) is 0 Å². The highest BCUT2D eigenvalue weighted by Gasteiger charge is 2.23. The number of rotatable bonds is 8. The van der Waals surface area contributed by atoms with Gasteiger partial charge in [-0.3, -0.25) is 0 Å². The van der Waals surface area contributed by atoms with Gasteiger partial charge in [0.15, 0.2) is 5.55 Å². The van der Waals surface area contributed by atoms with Crippen molar-refractivity contribution < 1.29 is 4.57 Å². The molecule has 1 aromatic carbocycles. The maximum absolute atomic E-state index is 12.8. The molecule has 96 valence electrons. The van der Waals surface area contributed by atoms with E-state index in [4.69, 9.17) is 0 Å². The van der Waals surface area contributed by atoms with Crippen LogP contribution >= 0.6 is 28.3 Å². The second kappa shape index (κ2) is 8.29. The number of hydrogen-bond donors (Lipinski definition) is 0. The lowest BCUT2D eigenvalue weighted by Gasteiger charge is -2.16. The minimum atomic E-state index is -2.14. The van der Waals surface area contributed by atoms with Crippen LogP contribution in [0.4, 0.5) is 0 Å². The van der Waals surface area contributed by atoms with Crippen LogP contribution in [-0.4, -0.2) is 11.5 Å². The maximum Gasteiger partial charge on any atom is 0.195 e. The van der Waals surface area contributed by atoms with Gasteiger partial charge in [-0.05, 0) is 18.4 Å². The highest BCUT2D eigenvalue weighted by Crippen LogP contribution is 2.71. The Kier molecular flexibility index (Phi) is 7.41. The molecule has 0 spiro atoms. The lowest BCUT2D eigenvalue weighted by molar-refractivity contribution is 0.593. The first-order valence-electron chi connectivity index (χ1n) is 6.12. The molecule has 17 heavy (non-hydrogen) atoms. The molecule has 1 aromatic rings. The normalized spacial score (nSPS) is 11.6. The third-order valence-electron chi connectivity index (χ3n) is 2.20. The van der Waals surface area contributed by atoms with Crippen molar-refractivity contribution in [2.75, 3.05) is 11.5 Å². The predicted molar refractivity (Wildman–Crippen MR) is 83.3 cm³/mol. The summed E-state index contributed by atoms with van der Waals surface area (Å²) < 4.78 is 12.8. The van der Waals surface area contributed by atoms with Crippen molar-refractivity contribution in [2.24, 2.45) is 0 Å². The SMILES string of the molecule is CCCSP(=O)(Cc1ccccc1)SCCC. The van der Waals surface area contributed by atoms with Crippen LogP contribution in [0.15, 0.2) is 30.3 Å². The summed E-state index contributed by atoms with van der Waals surface area (Å²) in [5.74, 6) is 2.00. The summed E-state index contributed by atoms with van der Waals surface area (Å²) in [6.07, 6.45) is 2.91. The molecule has 0 radical (unpaired) electrons. The summed E-state index contributed by atoms with van der Waals surface area (Å²) in [4.78, 5) is 0. The van der Waals surface area contributed by atoms with Gasteiger partial charge in [-0.15, -0.1) is 0 Å². The molecule has 1 nitrogen and oxygen atoms in total. The van der Waals surface area contributed by atoms with Crippen molar-refractivity contribution in [3.05, 3.63) is 35.9 Å². The summed E-state index contributed by atoms with van der Waals surface area (Å²) in [5, 5.41) is 0. The first-order valence-corrected chi connectivity index (χ1v) is 11.2. The van der Waals surface area contributed by atoms with Gasteiger partial charge in [-0.1, -0.05) is 66.9 Å². The van der Waals surface area contributed by atoms with Crippen LogP contribution in [0.25, 0.3) is 0 Å². The third-order valence-corrected chi connectivity index (χ3v) is 11.1. The molecular weight excluding hydrogens is 267 g/mol. The Labute approximate surface area is 113 Å². The molecule has 0 N–H and O–H groups in total. The van der Waals surface area contributed by atoms with Crippen LogP contribution in [-0.2, 0) is 10.7 Å². The van der Waals surface area contributed by atoms with E-state index in [2.05, 4.69) is 26.0 Å². The Hall–Kier alpha value is 0.150. The first-order chi connectivity index (χ1) is 8.20. The molecule has 0 aromatic heterocycles. The predicted octanol–water partition coefficient (Wildman–Crippen LogP) is 5.67. The molecule has 4 heteroatoms. The zero-order valence-corrected chi connectivity index (χ0v) is 13.1. The van der Waals surface area contributed by atoms with Gasteiger partial charge >= 0.3 is 0 Å². The molecule has 0 bridgehead atoms. The van der Waals surface area contributed by atoms with Crippen molar-refractivity contribution in [2.45, 2.75) is 32.9 Å². The molecule has 1 rings (SSSR count). The topological polar surface area (TPSA) is 17.1 Å². The smallest absolute Gasteiger partial charge is 0.195 e. The van der Waals surface area contributed by atoms with Crippen molar-refractivity contribution in [3.8, 4) is 0 Å². The van der Waals surface area contributed by atoms with E-state index in [1.54, 1.807) is 22.8 Å². The Morgan fingerprint density at radius 1 is 1.00 bits per heavy atom. The van der Waals surface area contributed by atoms with Gasteiger partial charge in [0.05, 0.1) is 0 Å². The molecule has 0 aliphatic carbocycles.